The van der Waals surface area contributed by atoms with Crippen LogP contribution >= 0.6 is 0 Å². The van der Waals surface area contributed by atoms with E-state index in [0.717, 1.165) is 26.2 Å². The van der Waals surface area contributed by atoms with Crippen molar-refractivity contribution in [3.8, 4) is 0 Å². The van der Waals surface area contributed by atoms with Crippen LogP contribution in [-0.4, -0.2) is 61.2 Å². The molecule has 0 rings (SSSR count). The Morgan fingerprint density at radius 2 is 1.25 bits per heavy atom. The zero-order chi connectivity index (χ0) is 14.9. The van der Waals surface area contributed by atoms with Gasteiger partial charge >= 0.3 is 0 Å². The molecule has 20 heavy (non-hydrogen) atoms. The number of ether oxygens (including phenoxy) is 1. The Balaban J connectivity index is 3.18. The van der Waals surface area contributed by atoms with Gasteiger partial charge in [0.25, 0.3) is 0 Å². The van der Waals surface area contributed by atoms with E-state index in [2.05, 4.69) is 11.8 Å². The van der Waals surface area contributed by atoms with Crippen molar-refractivity contribution >= 4 is 0 Å². The van der Waals surface area contributed by atoms with Gasteiger partial charge in [0, 0.05) is 32.8 Å². The van der Waals surface area contributed by atoms with Crippen LogP contribution in [-0.2, 0) is 4.74 Å². The van der Waals surface area contributed by atoms with E-state index in [0.29, 0.717) is 13.1 Å². The average Bonchev–Trinajstić information content (AvgIpc) is 2.45. The predicted molar refractivity (Wildman–Crippen MR) is 84.0 cm³/mol. The van der Waals surface area contributed by atoms with Crippen LogP contribution in [0.1, 0.15) is 58.3 Å². The molecule has 0 radical (unpaired) electrons. The molecule has 0 aromatic rings. The molecular formula is C16H35NO3. The molecule has 0 saturated heterocycles. The van der Waals surface area contributed by atoms with Crippen molar-refractivity contribution in [1.29, 1.82) is 0 Å². The van der Waals surface area contributed by atoms with Gasteiger partial charge in [-0.05, 0) is 12.8 Å². The molecule has 0 aromatic heterocycles. The molecule has 0 unspecified atom stereocenters. The molecule has 2 N–H and O–H groups in total. The van der Waals surface area contributed by atoms with Crippen LogP contribution < -0.4 is 0 Å². The number of unbranched alkanes of at least 4 members (excludes halogenated alkanes) is 6. The fourth-order valence-corrected chi connectivity index (χ4v) is 2.27. The summed E-state index contributed by atoms with van der Waals surface area (Å²) >= 11 is 0. The quantitative estimate of drug-likeness (QED) is 0.429. The molecule has 0 aromatic carbocycles. The van der Waals surface area contributed by atoms with Crippen LogP contribution in [0.3, 0.4) is 0 Å². The molecule has 0 fully saturated rings. The molecule has 0 aliphatic carbocycles. The van der Waals surface area contributed by atoms with E-state index in [1.165, 1.54) is 44.9 Å². The first-order chi connectivity index (χ1) is 9.85. The minimum absolute atomic E-state index is 0.152. The number of aliphatic hydroxyl groups is 2. The monoisotopic (exact) mass is 289 g/mol. The lowest BCUT2D eigenvalue weighted by atomic mass is 10.1. The van der Waals surface area contributed by atoms with Crippen LogP contribution in [0.15, 0.2) is 0 Å². The second-order valence-corrected chi connectivity index (χ2v) is 5.38. The molecule has 0 saturated carbocycles. The van der Waals surface area contributed by atoms with Crippen LogP contribution in [0.5, 0.6) is 0 Å². The van der Waals surface area contributed by atoms with Gasteiger partial charge in [0.05, 0.1) is 13.2 Å². The van der Waals surface area contributed by atoms with Gasteiger partial charge in [-0.15, -0.1) is 0 Å². The average molecular weight is 289 g/mol. The molecule has 0 aliphatic rings. The number of nitrogens with zero attached hydrogens (tertiary/aromatic N) is 1. The Hall–Kier alpha value is -0.160. The first kappa shape index (κ1) is 19.8. The highest BCUT2D eigenvalue weighted by Crippen LogP contribution is 2.06. The highest BCUT2D eigenvalue weighted by molar-refractivity contribution is 4.56. The molecule has 0 amide bonds. The molecule has 0 atom stereocenters. The van der Waals surface area contributed by atoms with Gasteiger partial charge in [-0.25, -0.2) is 0 Å². The summed E-state index contributed by atoms with van der Waals surface area (Å²) in [7, 11) is 0. The highest BCUT2D eigenvalue weighted by atomic mass is 16.5. The third kappa shape index (κ3) is 14.3. The second-order valence-electron chi connectivity index (χ2n) is 5.38. The smallest absolute Gasteiger partial charge is 0.0558 e. The van der Waals surface area contributed by atoms with E-state index >= 15 is 0 Å². The lowest BCUT2D eigenvalue weighted by Gasteiger charge is -2.19. The van der Waals surface area contributed by atoms with Gasteiger partial charge in [0.2, 0.25) is 0 Å². The number of hydrogen-bond acceptors (Lipinski definition) is 4. The highest BCUT2D eigenvalue weighted by Gasteiger charge is 2.02. The van der Waals surface area contributed by atoms with Crippen molar-refractivity contribution in [2.45, 2.75) is 58.3 Å². The van der Waals surface area contributed by atoms with E-state index in [1.807, 2.05) is 0 Å². The minimum Gasteiger partial charge on any atom is -0.395 e. The van der Waals surface area contributed by atoms with Gasteiger partial charge in [0.1, 0.15) is 0 Å². The molecule has 0 spiro atoms. The molecule has 122 valence electrons. The summed E-state index contributed by atoms with van der Waals surface area (Å²) in [5, 5.41) is 17.8. The topological polar surface area (TPSA) is 52.9 Å². The first-order valence-electron chi connectivity index (χ1n) is 8.37. The van der Waals surface area contributed by atoms with Crippen LogP contribution in [0.4, 0.5) is 0 Å². The lowest BCUT2D eigenvalue weighted by Crippen LogP contribution is -2.31. The summed E-state index contributed by atoms with van der Waals surface area (Å²) in [6, 6.07) is 0. The van der Waals surface area contributed by atoms with Crippen molar-refractivity contribution in [1.82, 2.24) is 4.90 Å². The van der Waals surface area contributed by atoms with Crippen molar-refractivity contribution in [2.75, 3.05) is 46.1 Å². The Morgan fingerprint density at radius 1 is 0.700 bits per heavy atom. The molecular weight excluding hydrogens is 254 g/mol. The Morgan fingerprint density at radius 3 is 1.85 bits per heavy atom. The zero-order valence-corrected chi connectivity index (χ0v) is 13.4. The molecule has 4 heteroatoms. The maximum Gasteiger partial charge on any atom is 0.0558 e. The molecule has 4 nitrogen and oxygen atoms in total. The van der Waals surface area contributed by atoms with Gasteiger partial charge in [-0.2, -0.15) is 0 Å². The Kier molecular flexibility index (Phi) is 16.8. The van der Waals surface area contributed by atoms with Crippen molar-refractivity contribution in [3.63, 3.8) is 0 Å². The van der Waals surface area contributed by atoms with Gasteiger partial charge in [-0.3, -0.25) is 4.90 Å². The zero-order valence-electron chi connectivity index (χ0n) is 13.4. The third-order valence-corrected chi connectivity index (χ3v) is 3.49. The van der Waals surface area contributed by atoms with Crippen molar-refractivity contribution in [2.24, 2.45) is 0 Å². The summed E-state index contributed by atoms with van der Waals surface area (Å²) in [5.74, 6) is 0. The maximum absolute atomic E-state index is 8.89. The number of hydrogen-bond donors (Lipinski definition) is 2. The third-order valence-electron chi connectivity index (χ3n) is 3.49. The fourth-order valence-electron chi connectivity index (χ4n) is 2.27. The van der Waals surface area contributed by atoms with Crippen LogP contribution in [0, 0.1) is 0 Å². The fraction of sp³-hybridized carbons (Fsp3) is 1.00. The molecule has 0 bridgehead atoms. The van der Waals surface area contributed by atoms with Gasteiger partial charge < -0.3 is 14.9 Å². The van der Waals surface area contributed by atoms with E-state index in [-0.39, 0.29) is 13.2 Å². The van der Waals surface area contributed by atoms with Gasteiger partial charge in [0.15, 0.2) is 0 Å². The summed E-state index contributed by atoms with van der Waals surface area (Å²) < 4.78 is 5.62. The van der Waals surface area contributed by atoms with E-state index in [9.17, 15) is 0 Å². The Labute approximate surface area is 125 Å². The number of aliphatic hydroxyl groups excluding tert-OH is 2. The summed E-state index contributed by atoms with van der Waals surface area (Å²) in [4.78, 5) is 2.07. The predicted octanol–water partition coefficient (Wildman–Crippen LogP) is 2.43. The second kappa shape index (κ2) is 16.9. The standard InChI is InChI=1S/C16H35NO3/c1-2-3-4-5-6-7-8-15-20-16-9-10-17(11-13-18)12-14-19/h18-19H,2-16H2,1H3. The largest absolute Gasteiger partial charge is 0.395 e. The molecule has 0 aliphatic heterocycles. The van der Waals surface area contributed by atoms with E-state index in [1.54, 1.807) is 0 Å². The number of rotatable bonds is 16. The summed E-state index contributed by atoms with van der Waals surface area (Å²) in [5.41, 5.74) is 0. The van der Waals surface area contributed by atoms with E-state index < -0.39 is 0 Å². The minimum atomic E-state index is 0.152. The normalized spacial score (nSPS) is 11.4. The Bertz CT molecular complexity index is 173. The van der Waals surface area contributed by atoms with Gasteiger partial charge in [-0.1, -0.05) is 45.4 Å². The van der Waals surface area contributed by atoms with Crippen LogP contribution in [0.2, 0.25) is 0 Å². The lowest BCUT2D eigenvalue weighted by molar-refractivity contribution is 0.107. The summed E-state index contributed by atoms with van der Waals surface area (Å²) in [6.07, 6.45) is 10.2. The SMILES string of the molecule is CCCCCCCCCOCCCN(CCO)CCO. The van der Waals surface area contributed by atoms with Crippen molar-refractivity contribution in [3.05, 3.63) is 0 Å². The van der Waals surface area contributed by atoms with Crippen molar-refractivity contribution < 1.29 is 14.9 Å². The first-order valence-corrected chi connectivity index (χ1v) is 8.37. The van der Waals surface area contributed by atoms with E-state index in [4.69, 9.17) is 14.9 Å². The van der Waals surface area contributed by atoms with Crippen LogP contribution in [0.25, 0.3) is 0 Å². The maximum atomic E-state index is 8.89. The molecule has 0 heterocycles. The summed E-state index contributed by atoms with van der Waals surface area (Å²) in [6.45, 7) is 6.36.